The Morgan fingerprint density at radius 2 is 1.60 bits per heavy atom. The molecule has 0 radical (unpaired) electrons. The fourth-order valence-electron chi connectivity index (χ4n) is 5.58. The van der Waals surface area contributed by atoms with Crippen LogP contribution in [0.15, 0.2) is 72.8 Å². The van der Waals surface area contributed by atoms with Gasteiger partial charge in [0.25, 0.3) is 0 Å². The molecule has 0 spiro atoms. The molecule has 1 heterocycles. The maximum absolute atomic E-state index is 14.3. The van der Waals surface area contributed by atoms with Gasteiger partial charge in [-0.1, -0.05) is 89.2 Å². The van der Waals surface area contributed by atoms with Crippen molar-refractivity contribution in [3.63, 3.8) is 0 Å². The van der Waals surface area contributed by atoms with Crippen molar-refractivity contribution in [2.45, 2.75) is 87.3 Å². The van der Waals surface area contributed by atoms with Gasteiger partial charge in [-0.2, -0.15) is 0 Å². The minimum atomic E-state index is -0.134. The summed E-state index contributed by atoms with van der Waals surface area (Å²) in [6, 6.07) is 19.8. The summed E-state index contributed by atoms with van der Waals surface area (Å²) >= 11 is 0. The number of piperazine rings is 1. The molecule has 47 heavy (non-hydrogen) atoms. The first kappa shape index (κ1) is 37.7. The molecule has 0 amide bonds. The van der Waals surface area contributed by atoms with Gasteiger partial charge in [-0.25, -0.2) is 4.39 Å². The van der Waals surface area contributed by atoms with E-state index in [0.29, 0.717) is 12.3 Å². The second kappa shape index (κ2) is 18.5. The number of carbonyl (C=O) groups is 2. The number of benzene rings is 3. The number of allylic oxidation sites excluding steroid dienone is 1. The Morgan fingerprint density at radius 1 is 0.936 bits per heavy atom. The molecule has 1 atom stereocenters. The maximum Gasteiger partial charge on any atom is 0.165 e. The van der Waals surface area contributed by atoms with E-state index < -0.39 is 0 Å². The predicted molar refractivity (Wildman–Crippen MR) is 193 cm³/mol. The predicted octanol–water partition coefficient (Wildman–Crippen LogP) is 9.39. The minimum Gasteiger partial charge on any atom is -0.489 e. The second-order valence-electron chi connectivity index (χ2n) is 13.1. The van der Waals surface area contributed by atoms with Gasteiger partial charge in [0, 0.05) is 55.7 Å². The van der Waals surface area contributed by atoms with Crippen LogP contribution < -0.4 is 9.64 Å². The summed E-state index contributed by atoms with van der Waals surface area (Å²) in [4.78, 5) is 28.0. The quantitative estimate of drug-likeness (QED) is 0.130. The van der Waals surface area contributed by atoms with Crippen LogP contribution in [0.3, 0.4) is 0 Å². The highest BCUT2D eigenvalue weighted by molar-refractivity contribution is 5.99. The summed E-state index contributed by atoms with van der Waals surface area (Å²) in [5.41, 5.74) is 7.01. The summed E-state index contributed by atoms with van der Waals surface area (Å²) in [6.45, 7) is 22.3. The molecule has 1 aliphatic heterocycles. The summed E-state index contributed by atoms with van der Waals surface area (Å²) in [5.74, 6) is 1.27. The van der Waals surface area contributed by atoms with Gasteiger partial charge in [-0.05, 0) is 74.4 Å². The fourth-order valence-corrected chi connectivity index (χ4v) is 5.58. The van der Waals surface area contributed by atoms with Crippen LogP contribution in [0.1, 0.15) is 93.4 Å². The van der Waals surface area contributed by atoms with Crippen molar-refractivity contribution in [1.82, 2.24) is 4.90 Å². The first-order chi connectivity index (χ1) is 22.4. The largest absolute Gasteiger partial charge is 0.489 e. The van der Waals surface area contributed by atoms with Crippen molar-refractivity contribution in [3.8, 4) is 5.75 Å². The number of hydrogen-bond donors (Lipinski definition) is 0. The molecule has 0 aromatic heterocycles. The third-order valence-electron chi connectivity index (χ3n) is 9.04. The number of ketones is 2. The van der Waals surface area contributed by atoms with Gasteiger partial charge in [0.1, 0.15) is 24.0 Å². The van der Waals surface area contributed by atoms with Crippen LogP contribution in [0.25, 0.3) is 0 Å². The summed E-state index contributed by atoms with van der Waals surface area (Å²) in [5, 5.41) is 0. The van der Waals surface area contributed by atoms with Gasteiger partial charge >= 0.3 is 0 Å². The number of hydrogen-bond acceptors (Lipinski definition) is 5. The molecule has 1 aliphatic rings. The Hall–Kier alpha value is -3.77. The average Bonchev–Trinajstić information content (AvgIpc) is 3.06. The standard InChI is InChI=1S/C31H37FN2O2.C10H18O/c1-5-26-27(31(35)22(2)3)7-6-8-30(26)36-21-25-12-10-24(11-13-25)20-33-15-17-34(18-16-33)29-14-9-23(4)19-28(29)32;1-5-8(2)6-7-9(3)10(4)11/h6-14,19,22H,5,15-18,20-21H2,1-4H3;9H,2,5-7H2,1,3-4H3. The lowest BCUT2D eigenvalue weighted by Crippen LogP contribution is -2.46. The topological polar surface area (TPSA) is 49.9 Å². The number of nitrogens with zero attached hydrogens (tertiary/aromatic N) is 2. The van der Waals surface area contributed by atoms with Crippen molar-refractivity contribution >= 4 is 17.3 Å². The number of carbonyl (C=O) groups excluding carboxylic acids is 2. The van der Waals surface area contributed by atoms with Crippen LogP contribution in [-0.2, 0) is 24.4 Å². The lowest BCUT2D eigenvalue weighted by Gasteiger charge is -2.36. The molecule has 0 saturated carbocycles. The van der Waals surface area contributed by atoms with Crippen LogP contribution in [0.5, 0.6) is 5.75 Å². The Kier molecular flexibility index (Phi) is 14.9. The normalized spacial score (nSPS) is 13.9. The van der Waals surface area contributed by atoms with Gasteiger partial charge in [-0.15, -0.1) is 0 Å². The van der Waals surface area contributed by atoms with Crippen LogP contribution in [-0.4, -0.2) is 42.6 Å². The zero-order valence-electron chi connectivity index (χ0n) is 29.7. The first-order valence-electron chi connectivity index (χ1n) is 17.2. The van der Waals surface area contributed by atoms with E-state index in [9.17, 15) is 14.0 Å². The van der Waals surface area contributed by atoms with Gasteiger partial charge < -0.3 is 9.64 Å². The van der Waals surface area contributed by atoms with Gasteiger partial charge in [-0.3, -0.25) is 14.5 Å². The Balaban J connectivity index is 0.000000468. The van der Waals surface area contributed by atoms with Crippen LogP contribution in [0, 0.1) is 24.6 Å². The van der Waals surface area contributed by atoms with E-state index in [1.54, 1.807) is 13.0 Å². The van der Waals surface area contributed by atoms with Crippen molar-refractivity contribution in [2.75, 3.05) is 31.1 Å². The number of rotatable bonds is 14. The van der Waals surface area contributed by atoms with Crippen molar-refractivity contribution in [3.05, 3.63) is 106 Å². The SMILES string of the molecule is C=C(CC)CCC(C)C(C)=O.CCc1c(OCc2ccc(CN3CCN(c4ccc(C)cc4F)CC3)cc2)cccc1C(=O)C(C)C. The zero-order valence-corrected chi connectivity index (χ0v) is 29.7. The molecule has 254 valence electrons. The van der Waals surface area contributed by atoms with Crippen molar-refractivity contribution < 1.29 is 18.7 Å². The molecule has 5 nitrogen and oxygen atoms in total. The summed E-state index contributed by atoms with van der Waals surface area (Å²) in [6.07, 6.45) is 3.75. The molecular formula is C41H55FN2O3. The number of aryl methyl sites for hydroxylation is 1. The van der Waals surface area contributed by atoms with Crippen molar-refractivity contribution in [1.29, 1.82) is 0 Å². The van der Waals surface area contributed by atoms with Crippen LogP contribution in [0.2, 0.25) is 0 Å². The third-order valence-corrected chi connectivity index (χ3v) is 9.04. The van der Waals surface area contributed by atoms with E-state index in [-0.39, 0.29) is 29.2 Å². The number of anilines is 1. The third kappa shape index (κ3) is 11.5. The van der Waals surface area contributed by atoms with Crippen LogP contribution in [0.4, 0.5) is 10.1 Å². The molecule has 6 heteroatoms. The number of halogens is 1. The highest BCUT2D eigenvalue weighted by atomic mass is 19.1. The molecule has 1 fully saturated rings. The van der Waals surface area contributed by atoms with Gasteiger partial charge in [0.15, 0.2) is 5.78 Å². The Bertz CT molecular complexity index is 1470. The lowest BCUT2D eigenvalue weighted by molar-refractivity contribution is -0.120. The lowest BCUT2D eigenvalue weighted by atomic mass is 9.94. The van der Waals surface area contributed by atoms with Crippen LogP contribution >= 0.6 is 0 Å². The van der Waals surface area contributed by atoms with E-state index in [1.807, 2.05) is 58.0 Å². The fraction of sp³-hybridized carbons (Fsp3) is 0.463. The summed E-state index contributed by atoms with van der Waals surface area (Å²) < 4.78 is 20.5. The second-order valence-corrected chi connectivity index (χ2v) is 13.1. The molecule has 0 bridgehead atoms. The number of ether oxygens (including phenoxy) is 1. The van der Waals surface area contributed by atoms with Gasteiger partial charge in [0.2, 0.25) is 0 Å². The van der Waals surface area contributed by atoms with E-state index in [4.69, 9.17) is 4.74 Å². The van der Waals surface area contributed by atoms with Crippen molar-refractivity contribution in [2.24, 2.45) is 11.8 Å². The number of Topliss-reactive ketones (excluding diaryl/α,β-unsaturated/α-hetero) is 2. The molecule has 1 unspecified atom stereocenters. The van der Waals surface area contributed by atoms with E-state index in [0.717, 1.165) is 86.4 Å². The average molecular weight is 643 g/mol. The highest BCUT2D eigenvalue weighted by Gasteiger charge is 2.20. The smallest absolute Gasteiger partial charge is 0.165 e. The molecule has 0 aliphatic carbocycles. The molecule has 0 N–H and O–H groups in total. The zero-order chi connectivity index (χ0) is 34.5. The maximum atomic E-state index is 14.3. The molecule has 3 aromatic rings. The molecule has 3 aromatic carbocycles. The molecular weight excluding hydrogens is 587 g/mol. The van der Waals surface area contributed by atoms with E-state index >= 15 is 0 Å². The van der Waals surface area contributed by atoms with E-state index in [2.05, 4.69) is 54.5 Å². The summed E-state index contributed by atoms with van der Waals surface area (Å²) in [7, 11) is 0. The first-order valence-corrected chi connectivity index (χ1v) is 17.2. The van der Waals surface area contributed by atoms with Gasteiger partial charge in [0.05, 0.1) is 5.69 Å². The minimum absolute atomic E-state index is 0.0372. The Labute approximate surface area is 282 Å². The van der Waals surface area contributed by atoms with E-state index in [1.165, 1.54) is 11.1 Å². The molecule has 4 rings (SSSR count). The Morgan fingerprint density at radius 3 is 2.17 bits per heavy atom. The molecule has 1 saturated heterocycles. The monoisotopic (exact) mass is 642 g/mol. The highest BCUT2D eigenvalue weighted by Crippen LogP contribution is 2.27.